The summed E-state index contributed by atoms with van der Waals surface area (Å²) in [5.41, 5.74) is 0.632. The van der Waals surface area contributed by atoms with Gasteiger partial charge in [-0.25, -0.2) is 0 Å². The van der Waals surface area contributed by atoms with E-state index in [0.717, 1.165) is 0 Å². The van der Waals surface area contributed by atoms with Crippen molar-refractivity contribution in [2.75, 3.05) is 27.2 Å². The molecule has 0 aliphatic heterocycles. The molecule has 5 heteroatoms. The molecule has 1 rings (SSSR count). The Morgan fingerprint density at radius 3 is 2.68 bits per heavy atom. The largest absolute Gasteiger partial charge is 0.494 e. The summed E-state index contributed by atoms with van der Waals surface area (Å²) in [6.07, 6.45) is 1.08. The molecule has 0 aliphatic rings. The topological polar surface area (TPSA) is 58.6 Å². The van der Waals surface area contributed by atoms with E-state index >= 15 is 0 Å². The number of carbonyl (C=O) groups is 2. The van der Waals surface area contributed by atoms with Crippen LogP contribution in [0.1, 0.15) is 37.0 Å². The van der Waals surface area contributed by atoms with Crippen molar-refractivity contribution in [2.24, 2.45) is 0 Å². The Kier molecular flexibility index (Phi) is 7.60. The lowest BCUT2D eigenvalue weighted by Crippen LogP contribution is -2.38. The summed E-state index contributed by atoms with van der Waals surface area (Å²) in [7, 11) is 3.97. The van der Waals surface area contributed by atoms with Crippen LogP contribution in [-0.2, 0) is 4.79 Å². The van der Waals surface area contributed by atoms with Crippen molar-refractivity contribution < 1.29 is 14.3 Å². The summed E-state index contributed by atoms with van der Waals surface area (Å²) >= 11 is 0. The van der Waals surface area contributed by atoms with Gasteiger partial charge in [0.15, 0.2) is 5.78 Å². The van der Waals surface area contributed by atoms with Gasteiger partial charge in [0.25, 0.3) is 0 Å². The van der Waals surface area contributed by atoms with E-state index < -0.39 is 0 Å². The van der Waals surface area contributed by atoms with Crippen LogP contribution in [0, 0.1) is 0 Å². The number of hydrogen-bond acceptors (Lipinski definition) is 4. The number of Topliss-reactive ketones (excluding diaryl/α,β-unsaturated/α-hetero) is 1. The predicted molar refractivity (Wildman–Crippen MR) is 87.3 cm³/mol. The highest BCUT2D eigenvalue weighted by Crippen LogP contribution is 2.14. The molecule has 0 bridgehead atoms. The van der Waals surface area contributed by atoms with Crippen molar-refractivity contribution in [1.29, 1.82) is 0 Å². The number of ketones is 1. The number of nitrogens with one attached hydrogen (secondary N) is 1. The summed E-state index contributed by atoms with van der Waals surface area (Å²) in [5.74, 6) is 0.712. The van der Waals surface area contributed by atoms with Crippen molar-refractivity contribution in [2.45, 2.75) is 32.7 Å². The van der Waals surface area contributed by atoms with Gasteiger partial charge in [-0.3, -0.25) is 9.59 Å². The highest BCUT2D eigenvalue weighted by atomic mass is 16.5. The molecule has 122 valence electrons. The monoisotopic (exact) mass is 306 g/mol. The lowest BCUT2D eigenvalue weighted by atomic mass is 10.1. The molecule has 1 N–H and O–H groups in total. The van der Waals surface area contributed by atoms with Gasteiger partial charge in [0, 0.05) is 24.6 Å². The van der Waals surface area contributed by atoms with Gasteiger partial charge in [0.05, 0.1) is 6.61 Å². The summed E-state index contributed by atoms with van der Waals surface area (Å²) in [6.45, 7) is 4.69. The maximum atomic E-state index is 11.7. The quantitative estimate of drug-likeness (QED) is 0.561. The van der Waals surface area contributed by atoms with E-state index in [0.29, 0.717) is 43.3 Å². The lowest BCUT2D eigenvalue weighted by Gasteiger charge is -2.19. The number of benzene rings is 1. The summed E-state index contributed by atoms with van der Waals surface area (Å²) < 4.78 is 5.57. The molecule has 5 nitrogen and oxygen atoms in total. The summed E-state index contributed by atoms with van der Waals surface area (Å²) in [5, 5.41) is 2.91. The van der Waals surface area contributed by atoms with Gasteiger partial charge in [-0.05, 0) is 46.5 Å². The second-order valence-corrected chi connectivity index (χ2v) is 5.65. The Balaban J connectivity index is 2.23. The Labute approximate surface area is 132 Å². The zero-order valence-electron chi connectivity index (χ0n) is 13.9. The molecule has 1 amide bonds. The average molecular weight is 306 g/mol. The molecule has 22 heavy (non-hydrogen) atoms. The van der Waals surface area contributed by atoms with Gasteiger partial charge in [0.1, 0.15) is 5.75 Å². The van der Waals surface area contributed by atoms with E-state index in [1.807, 2.05) is 20.2 Å². The molecule has 1 atom stereocenters. The second kappa shape index (κ2) is 9.20. The van der Waals surface area contributed by atoms with Gasteiger partial charge in [-0.15, -0.1) is 0 Å². The minimum Gasteiger partial charge on any atom is -0.494 e. The van der Waals surface area contributed by atoms with Crippen LogP contribution in [0.3, 0.4) is 0 Å². The van der Waals surface area contributed by atoms with Crippen LogP contribution in [0.4, 0.5) is 0 Å². The fraction of sp³-hybridized carbons (Fsp3) is 0.529. The van der Waals surface area contributed by atoms with Crippen molar-refractivity contribution in [3.8, 4) is 5.75 Å². The van der Waals surface area contributed by atoms with Crippen LogP contribution in [0.2, 0.25) is 0 Å². The standard InChI is InChI=1S/C17H26N2O3/c1-13(19(3)4)12-18-17(21)9-6-10-22-16-8-5-7-15(11-16)14(2)20/h5,7-8,11,13H,6,9-10,12H2,1-4H3,(H,18,21)/t13-/m1/s1. The van der Waals surface area contributed by atoms with Gasteiger partial charge >= 0.3 is 0 Å². The van der Waals surface area contributed by atoms with Crippen LogP contribution in [-0.4, -0.2) is 49.9 Å². The number of hydrogen-bond donors (Lipinski definition) is 1. The predicted octanol–water partition coefficient (Wildman–Crippen LogP) is 2.11. The van der Waals surface area contributed by atoms with Gasteiger partial charge in [-0.2, -0.15) is 0 Å². The first-order chi connectivity index (χ1) is 10.4. The molecule has 0 heterocycles. The van der Waals surface area contributed by atoms with Crippen LogP contribution in [0.15, 0.2) is 24.3 Å². The minimum atomic E-state index is 0.0137. The fourth-order valence-electron chi connectivity index (χ4n) is 1.76. The van der Waals surface area contributed by atoms with Gasteiger partial charge in [0.2, 0.25) is 5.91 Å². The summed E-state index contributed by atoms with van der Waals surface area (Å²) in [4.78, 5) is 25.0. The maximum absolute atomic E-state index is 11.7. The number of rotatable bonds is 9. The van der Waals surface area contributed by atoms with Crippen molar-refractivity contribution >= 4 is 11.7 Å². The number of likely N-dealkylation sites (N-methyl/N-ethyl adjacent to an activating group) is 1. The van der Waals surface area contributed by atoms with Crippen molar-refractivity contribution in [3.05, 3.63) is 29.8 Å². The van der Waals surface area contributed by atoms with Crippen LogP contribution in [0.5, 0.6) is 5.75 Å². The van der Waals surface area contributed by atoms with E-state index in [2.05, 4.69) is 17.1 Å². The van der Waals surface area contributed by atoms with Crippen molar-refractivity contribution in [1.82, 2.24) is 10.2 Å². The van der Waals surface area contributed by atoms with E-state index in [9.17, 15) is 9.59 Å². The molecule has 0 unspecified atom stereocenters. The van der Waals surface area contributed by atoms with Gasteiger partial charge < -0.3 is 15.0 Å². The third kappa shape index (κ3) is 6.72. The fourth-order valence-corrected chi connectivity index (χ4v) is 1.76. The molecule has 1 aromatic carbocycles. The minimum absolute atomic E-state index is 0.0137. The smallest absolute Gasteiger partial charge is 0.220 e. The summed E-state index contributed by atoms with van der Waals surface area (Å²) in [6, 6.07) is 7.40. The molecule has 0 spiro atoms. The molecule has 0 aliphatic carbocycles. The number of nitrogens with zero attached hydrogens (tertiary/aromatic N) is 1. The maximum Gasteiger partial charge on any atom is 0.220 e. The van der Waals surface area contributed by atoms with Gasteiger partial charge in [-0.1, -0.05) is 12.1 Å². The van der Waals surface area contributed by atoms with Crippen LogP contribution in [0.25, 0.3) is 0 Å². The first-order valence-electron chi connectivity index (χ1n) is 7.57. The first kappa shape index (κ1) is 18.2. The molecule has 0 saturated carbocycles. The Morgan fingerprint density at radius 1 is 1.32 bits per heavy atom. The van der Waals surface area contributed by atoms with Crippen LogP contribution < -0.4 is 10.1 Å². The second-order valence-electron chi connectivity index (χ2n) is 5.65. The molecular weight excluding hydrogens is 280 g/mol. The molecular formula is C17H26N2O3. The Bertz CT molecular complexity index is 500. The normalized spacial score (nSPS) is 12.0. The Morgan fingerprint density at radius 2 is 2.05 bits per heavy atom. The lowest BCUT2D eigenvalue weighted by molar-refractivity contribution is -0.121. The number of amides is 1. The van der Waals surface area contributed by atoms with E-state index in [1.54, 1.807) is 18.2 Å². The Hall–Kier alpha value is -1.88. The highest BCUT2D eigenvalue weighted by Gasteiger charge is 2.07. The molecule has 0 saturated heterocycles. The third-order valence-electron chi connectivity index (χ3n) is 3.53. The third-order valence-corrected chi connectivity index (χ3v) is 3.53. The SMILES string of the molecule is CC(=O)c1cccc(OCCCC(=O)NC[C@@H](C)N(C)C)c1. The van der Waals surface area contributed by atoms with E-state index in [-0.39, 0.29) is 11.7 Å². The number of ether oxygens (including phenoxy) is 1. The van der Waals surface area contributed by atoms with E-state index in [4.69, 9.17) is 4.74 Å². The van der Waals surface area contributed by atoms with Crippen molar-refractivity contribution in [3.63, 3.8) is 0 Å². The molecule has 0 aromatic heterocycles. The van der Waals surface area contributed by atoms with E-state index in [1.165, 1.54) is 6.92 Å². The average Bonchev–Trinajstić information content (AvgIpc) is 2.49. The number of carbonyl (C=O) groups excluding carboxylic acids is 2. The molecule has 1 aromatic rings. The molecule has 0 fully saturated rings. The van der Waals surface area contributed by atoms with Crippen LogP contribution >= 0.6 is 0 Å². The first-order valence-corrected chi connectivity index (χ1v) is 7.57. The zero-order chi connectivity index (χ0) is 16.5. The molecule has 0 radical (unpaired) electrons. The highest BCUT2D eigenvalue weighted by molar-refractivity contribution is 5.94. The zero-order valence-corrected chi connectivity index (χ0v) is 13.9.